The lowest BCUT2D eigenvalue weighted by Gasteiger charge is -2.30. The van der Waals surface area contributed by atoms with Crippen molar-refractivity contribution in [3.8, 4) is 11.4 Å². The molecule has 1 aromatic heterocycles. The fraction of sp³-hybridized carbons (Fsp3) is 0.474. The number of aryl methyl sites for hydroxylation is 1. The second-order valence-corrected chi connectivity index (χ2v) is 7.59. The molecule has 0 spiro atoms. The van der Waals surface area contributed by atoms with Crippen LogP contribution >= 0.6 is 11.8 Å². The first-order valence-corrected chi connectivity index (χ1v) is 9.93. The zero-order valence-electron chi connectivity index (χ0n) is 15.8. The zero-order valence-corrected chi connectivity index (χ0v) is 16.7. The largest absolute Gasteiger partial charge is 0.469 e. The molecule has 27 heavy (non-hydrogen) atoms. The van der Waals surface area contributed by atoms with Gasteiger partial charge in [-0.3, -0.25) is 9.59 Å². The molecule has 0 unspecified atom stereocenters. The molecule has 8 heteroatoms. The van der Waals surface area contributed by atoms with Gasteiger partial charge in [-0.15, -0.1) is 10.2 Å². The highest BCUT2D eigenvalue weighted by Crippen LogP contribution is 2.26. The van der Waals surface area contributed by atoms with E-state index in [9.17, 15) is 9.59 Å². The lowest BCUT2D eigenvalue weighted by atomic mass is 9.97. The predicted molar refractivity (Wildman–Crippen MR) is 103 cm³/mol. The van der Waals surface area contributed by atoms with Gasteiger partial charge in [0.2, 0.25) is 5.91 Å². The summed E-state index contributed by atoms with van der Waals surface area (Å²) in [7, 11) is 3.32. The van der Waals surface area contributed by atoms with Gasteiger partial charge in [-0.25, -0.2) is 0 Å². The summed E-state index contributed by atoms with van der Waals surface area (Å²) in [5.41, 5.74) is 2.17. The number of benzene rings is 1. The van der Waals surface area contributed by atoms with Gasteiger partial charge in [-0.2, -0.15) is 0 Å². The normalized spacial score (nSPS) is 15.0. The summed E-state index contributed by atoms with van der Waals surface area (Å²) in [5, 5.41) is 9.25. The van der Waals surface area contributed by atoms with E-state index in [0.717, 1.165) is 17.0 Å². The number of carbonyl (C=O) groups excluding carboxylic acids is 2. The lowest BCUT2D eigenvalue weighted by molar-refractivity contribution is -0.148. The van der Waals surface area contributed by atoms with E-state index in [1.165, 1.54) is 18.9 Å². The van der Waals surface area contributed by atoms with E-state index < -0.39 is 0 Å². The summed E-state index contributed by atoms with van der Waals surface area (Å²) in [6.45, 7) is 3.22. The minimum absolute atomic E-state index is 0.0590. The first-order chi connectivity index (χ1) is 13.0. The molecule has 1 fully saturated rings. The number of rotatable bonds is 5. The Hall–Kier alpha value is -2.35. The van der Waals surface area contributed by atoms with Crippen LogP contribution in [0.2, 0.25) is 0 Å². The number of nitrogens with zero attached hydrogens (tertiary/aromatic N) is 4. The molecule has 1 saturated heterocycles. The first-order valence-electron chi connectivity index (χ1n) is 8.95. The SMILES string of the molecule is COC(=O)C1CCN(C(=O)CSc2nnc(-c3ccccc3C)n2C)CC1. The molecule has 0 saturated carbocycles. The molecule has 0 radical (unpaired) electrons. The van der Waals surface area contributed by atoms with Gasteiger partial charge in [0.1, 0.15) is 0 Å². The molecule has 2 heterocycles. The average molecular weight is 388 g/mol. The molecule has 3 rings (SSSR count). The minimum atomic E-state index is -0.181. The van der Waals surface area contributed by atoms with Crippen molar-refractivity contribution >= 4 is 23.6 Å². The Balaban J connectivity index is 1.57. The average Bonchev–Trinajstić information content (AvgIpc) is 3.06. The standard InChI is InChI=1S/C19H24N4O3S/c1-13-6-4-5-7-15(13)17-20-21-19(22(17)2)27-12-16(24)23-10-8-14(9-11-23)18(25)26-3/h4-7,14H,8-12H2,1-3H3. The number of amides is 1. The van der Waals surface area contributed by atoms with Crippen LogP contribution in [0.1, 0.15) is 18.4 Å². The van der Waals surface area contributed by atoms with E-state index in [0.29, 0.717) is 36.8 Å². The number of likely N-dealkylation sites (tertiary alicyclic amines) is 1. The van der Waals surface area contributed by atoms with Gasteiger partial charge in [0.15, 0.2) is 11.0 Å². The van der Waals surface area contributed by atoms with Gasteiger partial charge in [-0.05, 0) is 25.3 Å². The third kappa shape index (κ3) is 4.32. The number of thioether (sulfide) groups is 1. The van der Waals surface area contributed by atoms with Crippen LogP contribution in [0.25, 0.3) is 11.4 Å². The number of piperidine rings is 1. The van der Waals surface area contributed by atoms with Crippen LogP contribution in [0.15, 0.2) is 29.4 Å². The molecule has 1 aromatic carbocycles. The van der Waals surface area contributed by atoms with Crippen molar-refractivity contribution in [1.29, 1.82) is 0 Å². The third-order valence-electron chi connectivity index (χ3n) is 4.93. The van der Waals surface area contributed by atoms with Crippen molar-refractivity contribution in [2.75, 3.05) is 26.0 Å². The number of hydrogen-bond donors (Lipinski definition) is 0. The van der Waals surface area contributed by atoms with Crippen molar-refractivity contribution < 1.29 is 14.3 Å². The molecule has 2 aromatic rings. The summed E-state index contributed by atoms with van der Waals surface area (Å²) in [5.74, 6) is 0.884. The summed E-state index contributed by atoms with van der Waals surface area (Å²) < 4.78 is 6.71. The Labute approximate surface area is 163 Å². The Morgan fingerprint density at radius 2 is 1.93 bits per heavy atom. The second-order valence-electron chi connectivity index (χ2n) is 6.65. The van der Waals surface area contributed by atoms with Crippen molar-refractivity contribution in [3.63, 3.8) is 0 Å². The molecule has 144 valence electrons. The molecule has 1 aliphatic rings. The summed E-state index contributed by atoms with van der Waals surface area (Å²) in [6.07, 6.45) is 1.31. The van der Waals surface area contributed by atoms with E-state index in [1.807, 2.05) is 47.7 Å². The quantitative estimate of drug-likeness (QED) is 0.578. The van der Waals surface area contributed by atoms with Crippen LogP contribution in [0.5, 0.6) is 0 Å². The highest BCUT2D eigenvalue weighted by Gasteiger charge is 2.28. The van der Waals surface area contributed by atoms with Crippen LogP contribution < -0.4 is 0 Å². The van der Waals surface area contributed by atoms with Crippen LogP contribution in [-0.4, -0.2) is 57.5 Å². The molecular formula is C19H24N4O3S. The van der Waals surface area contributed by atoms with Crippen molar-refractivity contribution in [2.24, 2.45) is 13.0 Å². The Kier molecular flexibility index (Phi) is 6.15. The summed E-state index contributed by atoms with van der Waals surface area (Å²) in [4.78, 5) is 25.9. The number of ether oxygens (including phenoxy) is 1. The maximum atomic E-state index is 12.5. The van der Waals surface area contributed by atoms with Crippen molar-refractivity contribution in [1.82, 2.24) is 19.7 Å². The van der Waals surface area contributed by atoms with E-state index in [-0.39, 0.29) is 17.8 Å². The minimum Gasteiger partial charge on any atom is -0.469 e. The predicted octanol–water partition coefficient (Wildman–Crippen LogP) is 2.29. The Morgan fingerprint density at radius 1 is 1.22 bits per heavy atom. The van der Waals surface area contributed by atoms with Gasteiger partial charge < -0.3 is 14.2 Å². The van der Waals surface area contributed by atoms with Crippen molar-refractivity contribution in [3.05, 3.63) is 29.8 Å². The number of methoxy groups -OCH3 is 1. The molecular weight excluding hydrogens is 364 g/mol. The molecule has 0 bridgehead atoms. The highest BCUT2D eigenvalue weighted by molar-refractivity contribution is 7.99. The van der Waals surface area contributed by atoms with Crippen LogP contribution in [0.3, 0.4) is 0 Å². The molecule has 0 N–H and O–H groups in total. The van der Waals surface area contributed by atoms with Crippen LogP contribution in [-0.2, 0) is 21.4 Å². The summed E-state index contributed by atoms with van der Waals surface area (Å²) >= 11 is 1.39. The zero-order chi connectivity index (χ0) is 19.4. The number of hydrogen-bond acceptors (Lipinski definition) is 6. The number of carbonyl (C=O) groups is 2. The lowest BCUT2D eigenvalue weighted by Crippen LogP contribution is -2.41. The van der Waals surface area contributed by atoms with E-state index >= 15 is 0 Å². The van der Waals surface area contributed by atoms with Crippen LogP contribution in [0, 0.1) is 12.8 Å². The van der Waals surface area contributed by atoms with E-state index in [1.54, 1.807) is 0 Å². The third-order valence-corrected chi connectivity index (χ3v) is 5.93. The van der Waals surface area contributed by atoms with Gasteiger partial charge in [0.25, 0.3) is 0 Å². The van der Waals surface area contributed by atoms with Gasteiger partial charge in [-0.1, -0.05) is 36.0 Å². The number of aromatic nitrogens is 3. The van der Waals surface area contributed by atoms with E-state index in [4.69, 9.17) is 4.74 Å². The maximum absolute atomic E-state index is 12.5. The Morgan fingerprint density at radius 3 is 2.59 bits per heavy atom. The molecule has 0 atom stereocenters. The van der Waals surface area contributed by atoms with Gasteiger partial charge >= 0.3 is 5.97 Å². The van der Waals surface area contributed by atoms with Gasteiger partial charge in [0.05, 0.1) is 18.8 Å². The fourth-order valence-corrected chi connectivity index (χ4v) is 4.06. The molecule has 7 nitrogen and oxygen atoms in total. The smallest absolute Gasteiger partial charge is 0.308 e. The molecule has 0 aliphatic carbocycles. The first kappa shape index (κ1) is 19.4. The monoisotopic (exact) mass is 388 g/mol. The van der Waals surface area contributed by atoms with E-state index in [2.05, 4.69) is 10.2 Å². The second kappa shape index (κ2) is 8.56. The summed E-state index contributed by atoms with van der Waals surface area (Å²) in [6, 6.07) is 8.03. The highest BCUT2D eigenvalue weighted by atomic mass is 32.2. The Bertz CT molecular complexity index is 828. The molecule has 1 aliphatic heterocycles. The van der Waals surface area contributed by atoms with Crippen LogP contribution in [0.4, 0.5) is 0 Å². The van der Waals surface area contributed by atoms with Crippen molar-refractivity contribution in [2.45, 2.75) is 24.9 Å². The maximum Gasteiger partial charge on any atom is 0.308 e. The topological polar surface area (TPSA) is 77.3 Å². The molecule has 1 amide bonds. The number of esters is 1. The van der Waals surface area contributed by atoms with Gasteiger partial charge in [0, 0.05) is 25.7 Å². The fourth-order valence-electron chi connectivity index (χ4n) is 3.25.